The number of rotatable bonds is 5. The van der Waals surface area contributed by atoms with Crippen LogP contribution in [0.5, 0.6) is 5.75 Å². The molecule has 3 nitrogen and oxygen atoms in total. The average Bonchev–Trinajstić information content (AvgIpc) is 2.52. The fourth-order valence-corrected chi connectivity index (χ4v) is 2.55. The van der Waals surface area contributed by atoms with Crippen LogP contribution in [0.25, 0.3) is 10.9 Å². The van der Waals surface area contributed by atoms with Gasteiger partial charge in [0.15, 0.2) is 0 Å². The van der Waals surface area contributed by atoms with Crippen LogP contribution in [-0.4, -0.2) is 18.1 Å². The lowest BCUT2D eigenvalue weighted by atomic mass is 10.2. The molecule has 0 bridgehead atoms. The van der Waals surface area contributed by atoms with Gasteiger partial charge in [-0.05, 0) is 30.3 Å². The molecule has 0 saturated heterocycles. The van der Waals surface area contributed by atoms with Crippen molar-refractivity contribution in [2.24, 2.45) is 0 Å². The van der Waals surface area contributed by atoms with E-state index in [2.05, 4.69) is 26.2 Å². The third-order valence-corrected chi connectivity index (χ3v) is 3.60. The summed E-state index contributed by atoms with van der Waals surface area (Å²) < 4.78 is 6.90. The number of halogens is 1. The van der Waals surface area contributed by atoms with E-state index in [0.717, 1.165) is 33.4 Å². The number of hydrogen-bond donors (Lipinski definition) is 1. The Hall–Kier alpha value is -2.07. The van der Waals surface area contributed by atoms with Crippen molar-refractivity contribution in [3.63, 3.8) is 0 Å². The standard InChI is InChI=1S/C17H15BrN2O/c18-14-6-2-7-15(12-14)19-10-11-21-16-8-1-4-13-5-3-9-20-17(13)16/h1-9,12,19H,10-11H2. The maximum absolute atomic E-state index is 5.83. The highest BCUT2D eigenvalue weighted by atomic mass is 79.9. The normalized spacial score (nSPS) is 10.5. The van der Waals surface area contributed by atoms with E-state index in [0.29, 0.717) is 6.61 Å². The van der Waals surface area contributed by atoms with Gasteiger partial charge in [0.05, 0.1) is 0 Å². The summed E-state index contributed by atoms with van der Waals surface area (Å²) in [5.74, 6) is 0.823. The molecule has 4 heteroatoms. The van der Waals surface area contributed by atoms with Gasteiger partial charge in [0.2, 0.25) is 0 Å². The van der Waals surface area contributed by atoms with E-state index in [9.17, 15) is 0 Å². The van der Waals surface area contributed by atoms with Crippen molar-refractivity contribution in [3.8, 4) is 5.75 Å². The fraction of sp³-hybridized carbons (Fsp3) is 0.118. The Bertz CT molecular complexity index is 740. The van der Waals surface area contributed by atoms with Gasteiger partial charge in [0, 0.05) is 28.3 Å². The average molecular weight is 343 g/mol. The second-order valence-electron chi connectivity index (χ2n) is 4.62. The van der Waals surface area contributed by atoms with Crippen LogP contribution < -0.4 is 10.1 Å². The highest BCUT2D eigenvalue weighted by molar-refractivity contribution is 9.10. The first-order valence-electron chi connectivity index (χ1n) is 6.79. The van der Waals surface area contributed by atoms with Crippen LogP contribution in [0.3, 0.4) is 0 Å². The summed E-state index contributed by atoms with van der Waals surface area (Å²) in [6.45, 7) is 1.32. The number of para-hydroxylation sites is 1. The van der Waals surface area contributed by atoms with Gasteiger partial charge in [-0.15, -0.1) is 0 Å². The van der Waals surface area contributed by atoms with Crippen molar-refractivity contribution in [3.05, 3.63) is 65.3 Å². The molecule has 3 rings (SSSR count). The van der Waals surface area contributed by atoms with Crippen LogP contribution in [0, 0.1) is 0 Å². The summed E-state index contributed by atoms with van der Waals surface area (Å²) in [6, 6.07) is 18.0. The Morgan fingerprint density at radius 3 is 2.81 bits per heavy atom. The molecular weight excluding hydrogens is 328 g/mol. The molecule has 0 aliphatic heterocycles. The Morgan fingerprint density at radius 1 is 1.05 bits per heavy atom. The van der Waals surface area contributed by atoms with Gasteiger partial charge in [-0.3, -0.25) is 4.98 Å². The molecule has 0 amide bonds. The summed E-state index contributed by atoms with van der Waals surface area (Å²) in [5, 5.41) is 4.42. The molecule has 0 saturated carbocycles. The summed E-state index contributed by atoms with van der Waals surface area (Å²) in [4.78, 5) is 4.38. The Kier molecular flexibility index (Phi) is 4.36. The van der Waals surface area contributed by atoms with Crippen molar-refractivity contribution < 1.29 is 4.74 Å². The van der Waals surface area contributed by atoms with E-state index in [-0.39, 0.29) is 0 Å². The summed E-state index contributed by atoms with van der Waals surface area (Å²) in [6.07, 6.45) is 1.79. The topological polar surface area (TPSA) is 34.1 Å². The number of nitrogens with zero attached hydrogens (tertiary/aromatic N) is 1. The van der Waals surface area contributed by atoms with Crippen LogP contribution >= 0.6 is 15.9 Å². The van der Waals surface area contributed by atoms with E-state index in [4.69, 9.17) is 4.74 Å². The minimum absolute atomic E-state index is 0.586. The molecule has 0 radical (unpaired) electrons. The number of nitrogens with one attached hydrogen (secondary N) is 1. The molecule has 0 spiro atoms. The molecule has 1 aromatic heterocycles. The fourth-order valence-electron chi connectivity index (χ4n) is 2.15. The molecule has 2 aromatic carbocycles. The zero-order valence-electron chi connectivity index (χ0n) is 11.4. The number of benzene rings is 2. The van der Waals surface area contributed by atoms with E-state index in [1.807, 2.05) is 54.6 Å². The summed E-state index contributed by atoms with van der Waals surface area (Å²) in [5.41, 5.74) is 1.98. The molecule has 106 valence electrons. The smallest absolute Gasteiger partial charge is 0.145 e. The Balaban J connectivity index is 1.60. The number of anilines is 1. The maximum atomic E-state index is 5.83. The molecule has 0 atom stereocenters. The van der Waals surface area contributed by atoms with Gasteiger partial charge in [-0.1, -0.05) is 40.2 Å². The van der Waals surface area contributed by atoms with Gasteiger partial charge in [0.25, 0.3) is 0 Å². The largest absolute Gasteiger partial charge is 0.489 e. The molecule has 0 aliphatic carbocycles. The predicted molar refractivity (Wildman–Crippen MR) is 89.9 cm³/mol. The summed E-state index contributed by atoms with van der Waals surface area (Å²) in [7, 11) is 0. The van der Waals surface area contributed by atoms with Crippen molar-refractivity contribution >= 4 is 32.5 Å². The molecule has 0 aliphatic rings. The third-order valence-electron chi connectivity index (χ3n) is 3.11. The van der Waals surface area contributed by atoms with Crippen LogP contribution in [0.15, 0.2) is 65.3 Å². The first-order valence-corrected chi connectivity index (χ1v) is 7.58. The lowest BCUT2D eigenvalue weighted by Gasteiger charge is -2.10. The first kappa shape index (κ1) is 13.9. The molecule has 21 heavy (non-hydrogen) atoms. The van der Waals surface area contributed by atoms with Gasteiger partial charge in [0.1, 0.15) is 17.9 Å². The van der Waals surface area contributed by atoms with Crippen LogP contribution in [0.1, 0.15) is 0 Å². The lowest BCUT2D eigenvalue weighted by molar-refractivity contribution is 0.336. The van der Waals surface area contributed by atoms with E-state index < -0.39 is 0 Å². The van der Waals surface area contributed by atoms with E-state index in [1.165, 1.54) is 0 Å². The maximum Gasteiger partial charge on any atom is 0.145 e. The van der Waals surface area contributed by atoms with Gasteiger partial charge in [-0.2, -0.15) is 0 Å². The van der Waals surface area contributed by atoms with E-state index >= 15 is 0 Å². The quantitative estimate of drug-likeness (QED) is 0.693. The second-order valence-corrected chi connectivity index (χ2v) is 5.53. The van der Waals surface area contributed by atoms with Crippen molar-refractivity contribution in [2.45, 2.75) is 0 Å². The third kappa shape index (κ3) is 3.52. The first-order chi connectivity index (χ1) is 10.3. The van der Waals surface area contributed by atoms with Crippen LogP contribution in [-0.2, 0) is 0 Å². The minimum atomic E-state index is 0.586. The minimum Gasteiger partial charge on any atom is -0.489 e. The highest BCUT2D eigenvalue weighted by Gasteiger charge is 2.02. The van der Waals surface area contributed by atoms with Crippen LogP contribution in [0.4, 0.5) is 5.69 Å². The number of pyridine rings is 1. The Labute approximate surface area is 132 Å². The molecule has 0 unspecified atom stereocenters. The zero-order valence-corrected chi connectivity index (χ0v) is 13.0. The second kappa shape index (κ2) is 6.59. The lowest BCUT2D eigenvalue weighted by Crippen LogP contribution is -2.11. The zero-order chi connectivity index (χ0) is 14.5. The van der Waals surface area contributed by atoms with Gasteiger partial charge >= 0.3 is 0 Å². The van der Waals surface area contributed by atoms with Crippen molar-refractivity contribution in [1.82, 2.24) is 4.98 Å². The van der Waals surface area contributed by atoms with E-state index in [1.54, 1.807) is 6.20 Å². The predicted octanol–water partition coefficient (Wildman–Crippen LogP) is 4.49. The molecule has 0 fully saturated rings. The van der Waals surface area contributed by atoms with Gasteiger partial charge in [-0.25, -0.2) is 0 Å². The number of ether oxygens (including phenoxy) is 1. The Morgan fingerprint density at radius 2 is 1.90 bits per heavy atom. The molecular formula is C17H15BrN2O. The van der Waals surface area contributed by atoms with Crippen molar-refractivity contribution in [1.29, 1.82) is 0 Å². The molecule has 1 heterocycles. The van der Waals surface area contributed by atoms with Crippen molar-refractivity contribution in [2.75, 3.05) is 18.5 Å². The molecule has 1 N–H and O–H groups in total. The molecule has 3 aromatic rings. The highest BCUT2D eigenvalue weighted by Crippen LogP contribution is 2.22. The van der Waals surface area contributed by atoms with Crippen LogP contribution in [0.2, 0.25) is 0 Å². The SMILES string of the molecule is Brc1cccc(NCCOc2cccc3cccnc23)c1. The number of aromatic nitrogens is 1. The number of fused-ring (bicyclic) bond motifs is 1. The van der Waals surface area contributed by atoms with Gasteiger partial charge < -0.3 is 10.1 Å². The summed E-state index contributed by atoms with van der Waals surface area (Å²) >= 11 is 3.46. The monoisotopic (exact) mass is 342 g/mol. The number of hydrogen-bond acceptors (Lipinski definition) is 3.